The maximum absolute atomic E-state index is 4.28. The highest BCUT2D eigenvalue weighted by Crippen LogP contribution is 2.22. The van der Waals surface area contributed by atoms with E-state index in [1.807, 2.05) is 19.1 Å². The van der Waals surface area contributed by atoms with Crippen LogP contribution in [0.4, 0.5) is 5.82 Å². The molecule has 1 aromatic heterocycles. The van der Waals surface area contributed by atoms with Crippen LogP contribution < -0.4 is 5.32 Å². The van der Waals surface area contributed by atoms with Crippen molar-refractivity contribution < 1.29 is 0 Å². The van der Waals surface area contributed by atoms with E-state index in [4.69, 9.17) is 0 Å². The number of nitrogens with one attached hydrogen (secondary N) is 1. The molecule has 1 N–H and O–H groups in total. The quantitative estimate of drug-likeness (QED) is 0.779. The largest absolute Gasteiger partial charge is 0.364 e. The van der Waals surface area contributed by atoms with E-state index in [1.165, 1.54) is 11.1 Å². The Hall–Kier alpha value is -2.42. The molecule has 0 fully saturated rings. The predicted octanol–water partition coefficient (Wildman–Crippen LogP) is 3.86. The Bertz CT molecular complexity index is 733. The number of nitrogens with zero attached hydrogens (tertiary/aromatic N) is 2. The third kappa shape index (κ3) is 2.48. The summed E-state index contributed by atoms with van der Waals surface area (Å²) in [6, 6.07) is 16.7. The van der Waals surface area contributed by atoms with Gasteiger partial charge in [-0.3, -0.25) is 0 Å². The minimum Gasteiger partial charge on any atom is -0.364 e. The minimum atomic E-state index is 0.752. The Morgan fingerprint density at radius 1 is 0.850 bits per heavy atom. The zero-order valence-corrected chi connectivity index (χ0v) is 11.7. The van der Waals surface area contributed by atoms with Crippen LogP contribution in [-0.2, 0) is 6.54 Å². The molecule has 3 aromatic rings. The molecule has 0 bridgehead atoms. The summed E-state index contributed by atoms with van der Waals surface area (Å²) in [6.07, 6.45) is 0. The lowest BCUT2D eigenvalue weighted by Gasteiger charge is -2.09. The normalized spacial score (nSPS) is 10.7. The molecule has 0 aliphatic rings. The summed E-state index contributed by atoms with van der Waals surface area (Å²) < 4.78 is 0. The van der Waals surface area contributed by atoms with Gasteiger partial charge < -0.3 is 5.32 Å². The molecule has 0 aliphatic carbocycles. The first-order valence-electron chi connectivity index (χ1n) is 6.75. The van der Waals surface area contributed by atoms with Gasteiger partial charge in [-0.2, -0.15) is 5.10 Å². The van der Waals surface area contributed by atoms with Crippen LogP contribution in [0.15, 0.2) is 48.5 Å². The molecule has 100 valence electrons. The second kappa shape index (κ2) is 5.29. The molecule has 0 saturated heterocycles. The molecule has 1 heterocycles. The average Bonchev–Trinajstić information content (AvgIpc) is 2.49. The molecule has 0 spiro atoms. The lowest BCUT2D eigenvalue weighted by molar-refractivity contribution is 0.982. The maximum Gasteiger partial charge on any atom is 0.156 e. The van der Waals surface area contributed by atoms with Crippen LogP contribution in [0.2, 0.25) is 0 Å². The van der Waals surface area contributed by atoms with Crippen LogP contribution in [0.3, 0.4) is 0 Å². The summed E-state index contributed by atoms with van der Waals surface area (Å²) in [7, 11) is 0. The van der Waals surface area contributed by atoms with E-state index in [-0.39, 0.29) is 0 Å². The molecule has 0 saturated carbocycles. The van der Waals surface area contributed by atoms with Gasteiger partial charge >= 0.3 is 0 Å². The van der Waals surface area contributed by atoms with Crippen molar-refractivity contribution in [3.63, 3.8) is 0 Å². The number of aromatic nitrogens is 2. The van der Waals surface area contributed by atoms with Crippen molar-refractivity contribution >= 4 is 16.6 Å². The van der Waals surface area contributed by atoms with E-state index >= 15 is 0 Å². The third-order valence-corrected chi connectivity index (χ3v) is 3.45. The Kier molecular flexibility index (Phi) is 3.33. The summed E-state index contributed by atoms with van der Waals surface area (Å²) in [6.45, 7) is 4.83. The molecule has 0 atom stereocenters. The molecule has 0 aliphatic heterocycles. The van der Waals surface area contributed by atoms with Gasteiger partial charge in [0.1, 0.15) is 0 Å². The Labute approximate surface area is 118 Å². The second-order valence-corrected chi connectivity index (χ2v) is 5.02. The molecule has 3 heteroatoms. The predicted molar refractivity (Wildman–Crippen MR) is 82.8 cm³/mol. The van der Waals surface area contributed by atoms with Gasteiger partial charge in [-0.1, -0.05) is 54.1 Å². The zero-order valence-electron chi connectivity index (χ0n) is 11.7. The number of anilines is 1. The molecular weight excluding hydrogens is 246 g/mol. The summed E-state index contributed by atoms with van der Waals surface area (Å²) in [4.78, 5) is 0. The van der Waals surface area contributed by atoms with Crippen LogP contribution >= 0.6 is 0 Å². The van der Waals surface area contributed by atoms with Gasteiger partial charge in [-0.25, -0.2) is 0 Å². The first-order chi connectivity index (χ1) is 9.74. The first kappa shape index (κ1) is 12.6. The van der Waals surface area contributed by atoms with Crippen LogP contribution in [0.25, 0.3) is 10.8 Å². The van der Waals surface area contributed by atoms with Crippen molar-refractivity contribution in [2.45, 2.75) is 20.4 Å². The fourth-order valence-corrected chi connectivity index (χ4v) is 2.26. The third-order valence-electron chi connectivity index (χ3n) is 3.45. The number of fused-ring (bicyclic) bond motifs is 1. The molecule has 20 heavy (non-hydrogen) atoms. The van der Waals surface area contributed by atoms with Gasteiger partial charge in [0, 0.05) is 17.3 Å². The highest BCUT2D eigenvalue weighted by atomic mass is 15.2. The van der Waals surface area contributed by atoms with Gasteiger partial charge in [0.25, 0.3) is 0 Å². The van der Waals surface area contributed by atoms with Crippen molar-refractivity contribution in [1.29, 1.82) is 0 Å². The zero-order chi connectivity index (χ0) is 13.9. The van der Waals surface area contributed by atoms with Crippen LogP contribution in [0.1, 0.15) is 16.8 Å². The van der Waals surface area contributed by atoms with Crippen molar-refractivity contribution in [3.05, 3.63) is 65.4 Å². The molecule has 2 aromatic carbocycles. The maximum atomic E-state index is 4.28. The van der Waals surface area contributed by atoms with Gasteiger partial charge in [0.2, 0.25) is 0 Å². The number of hydrogen-bond donors (Lipinski definition) is 1. The molecular formula is C17H17N3. The molecule has 0 radical (unpaired) electrons. The molecule has 0 unspecified atom stereocenters. The van der Waals surface area contributed by atoms with Crippen molar-refractivity contribution in [2.24, 2.45) is 0 Å². The number of aryl methyl sites for hydroxylation is 2. The summed E-state index contributed by atoms with van der Waals surface area (Å²) in [5.74, 6) is 0.840. The Morgan fingerprint density at radius 3 is 2.30 bits per heavy atom. The SMILES string of the molecule is Cc1ccc(CNc2nnc(C)c3ccccc23)cc1. The van der Waals surface area contributed by atoms with E-state index in [0.29, 0.717) is 0 Å². The monoisotopic (exact) mass is 263 g/mol. The van der Waals surface area contributed by atoms with Crippen molar-refractivity contribution in [2.75, 3.05) is 5.32 Å². The molecule has 3 rings (SSSR count). The van der Waals surface area contributed by atoms with Crippen LogP contribution in [0, 0.1) is 13.8 Å². The van der Waals surface area contributed by atoms with E-state index in [0.717, 1.165) is 28.8 Å². The first-order valence-corrected chi connectivity index (χ1v) is 6.75. The molecule has 0 amide bonds. The Morgan fingerprint density at radius 2 is 1.55 bits per heavy atom. The number of rotatable bonds is 3. The second-order valence-electron chi connectivity index (χ2n) is 5.02. The van der Waals surface area contributed by atoms with E-state index in [9.17, 15) is 0 Å². The average molecular weight is 263 g/mol. The van der Waals surface area contributed by atoms with Crippen molar-refractivity contribution in [1.82, 2.24) is 10.2 Å². The van der Waals surface area contributed by atoms with Gasteiger partial charge in [0.05, 0.1) is 5.69 Å². The summed E-state index contributed by atoms with van der Waals surface area (Å²) in [5, 5.41) is 14.1. The summed E-state index contributed by atoms with van der Waals surface area (Å²) in [5.41, 5.74) is 3.47. The highest BCUT2D eigenvalue weighted by Gasteiger charge is 2.05. The minimum absolute atomic E-state index is 0.752. The van der Waals surface area contributed by atoms with Crippen LogP contribution in [0.5, 0.6) is 0 Å². The summed E-state index contributed by atoms with van der Waals surface area (Å²) >= 11 is 0. The fraction of sp³-hybridized carbons (Fsp3) is 0.176. The van der Waals surface area contributed by atoms with Gasteiger partial charge in [-0.15, -0.1) is 5.10 Å². The van der Waals surface area contributed by atoms with Crippen LogP contribution in [-0.4, -0.2) is 10.2 Å². The van der Waals surface area contributed by atoms with E-state index < -0.39 is 0 Å². The Balaban J connectivity index is 1.88. The topological polar surface area (TPSA) is 37.8 Å². The van der Waals surface area contributed by atoms with E-state index in [1.54, 1.807) is 0 Å². The lowest BCUT2D eigenvalue weighted by Crippen LogP contribution is -2.04. The van der Waals surface area contributed by atoms with Gasteiger partial charge in [-0.05, 0) is 19.4 Å². The highest BCUT2D eigenvalue weighted by molar-refractivity contribution is 5.92. The fourth-order valence-electron chi connectivity index (χ4n) is 2.26. The number of hydrogen-bond acceptors (Lipinski definition) is 3. The smallest absolute Gasteiger partial charge is 0.156 e. The van der Waals surface area contributed by atoms with Gasteiger partial charge in [0.15, 0.2) is 5.82 Å². The number of benzene rings is 2. The van der Waals surface area contributed by atoms with Crippen molar-refractivity contribution in [3.8, 4) is 0 Å². The van der Waals surface area contributed by atoms with E-state index in [2.05, 4.69) is 58.8 Å². The lowest BCUT2D eigenvalue weighted by atomic mass is 10.1. The standard InChI is InChI=1S/C17H17N3/c1-12-7-9-14(10-8-12)11-18-17-16-6-4-3-5-15(16)13(2)19-20-17/h3-10H,11H2,1-2H3,(H,18,20). The molecule has 3 nitrogen and oxygen atoms in total.